The highest BCUT2D eigenvalue weighted by molar-refractivity contribution is 9.10. The van der Waals surface area contributed by atoms with Gasteiger partial charge in [-0.1, -0.05) is 13.0 Å². The molecule has 0 aliphatic rings. The van der Waals surface area contributed by atoms with Crippen LogP contribution in [-0.4, -0.2) is 19.9 Å². The molecule has 0 unspecified atom stereocenters. The predicted octanol–water partition coefficient (Wildman–Crippen LogP) is 2.49. The van der Waals surface area contributed by atoms with Crippen molar-refractivity contribution in [2.24, 2.45) is 0 Å². The lowest BCUT2D eigenvalue weighted by molar-refractivity contribution is 0.577. The number of rotatable bonds is 7. The number of nitrogens with one attached hydrogen (secondary N) is 2. The van der Waals surface area contributed by atoms with E-state index in [0.29, 0.717) is 6.54 Å². The zero-order chi connectivity index (χ0) is 15.3. The van der Waals surface area contributed by atoms with Gasteiger partial charge in [0.05, 0.1) is 0 Å². The van der Waals surface area contributed by atoms with E-state index in [1.165, 1.54) is 17.4 Å². The number of aromatic nitrogens is 1. The molecule has 0 aliphatic carbocycles. The second-order valence-electron chi connectivity index (χ2n) is 4.34. The first-order valence-electron chi connectivity index (χ1n) is 6.39. The van der Waals surface area contributed by atoms with Gasteiger partial charge < -0.3 is 5.32 Å². The zero-order valence-electron chi connectivity index (χ0n) is 11.5. The van der Waals surface area contributed by atoms with Gasteiger partial charge in [-0.05, 0) is 40.2 Å². The molecule has 0 aliphatic heterocycles. The minimum atomic E-state index is -3.58. The van der Waals surface area contributed by atoms with E-state index in [-0.39, 0.29) is 11.6 Å². The normalized spacial score (nSPS) is 11.7. The molecule has 2 N–H and O–H groups in total. The largest absolute Gasteiger partial charge is 0.313 e. The zero-order valence-corrected chi connectivity index (χ0v) is 14.7. The first-order valence-corrected chi connectivity index (χ1v) is 9.55. The Balaban J connectivity index is 2.01. The van der Waals surface area contributed by atoms with Gasteiger partial charge in [-0.2, -0.15) is 0 Å². The standard InChI is InChI=1S/C13H16BrN3O2S2/c1-2-15-6-10-3-4-13(16-7-10)21(18,19)17-8-12-5-11(14)9-20-12/h3-5,7,9,15,17H,2,6,8H2,1H3. The molecule has 0 saturated heterocycles. The Morgan fingerprint density at radius 3 is 2.71 bits per heavy atom. The average molecular weight is 390 g/mol. The maximum absolute atomic E-state index is 12.1. The molecule has 2 rings (SSSR count). The fourth-order valence-electron chi connectivity index (χ4n) is 1.63. The Bertz CT molecular complexity index is 684. The first kappa shape index (κ1) is 16.6. The summed E-state index contributed by atoms with van der Waals surface area (Å²) in [6.07, 6.45) is 1.58. The van der Waals surface area contributed by atoms with E-state index in [9.17, 15) is 8.42 Å². The summed E-state index contributed by atoms with van der Waals surface area (Å²) in [7, 11) is -3.58. The van der Waals surface area contributed by atoms with Crippen LogP contribution in [0.1, 0.15) is 17.4 Å². The SMILES string of the molecule is CCNCc1ccc(S(=O)(=O)NCc2cc(Br)cs2)nc1. The number of pyridine rings is 1. The summed E-state index contributed by atoms with van der Waals surface area (Å²) in [5.74, 6) is 0. The molecule has 0 radical (unpaired) electrons. The highest BCUT2D eigenvalue weighted by Gasteiger charge is 2.15. The van der Waals surface area contributed by atoms with E-state index in [2.05, 4.69) is 31.0 Å². The van der Waals surface area contributed by atoms with Crippen molar-refractivity contribution in [2.45, 2.75) is 25.0 Å². The smallest absolute Gasteiger partial charge is 0.258 e. The van der Waals surface area contributed by atoms with E-state index >= 15 is 0 Å². The van der Waals surface area contributed by atoms with Crippen molar-refractivity contribution in [3.8, 4) is 0 Å². The van der Waals surface area contributed by atoms with Crippen molar-refractivity contribution in [3.05, 3.63) is 44.7 Å². The minimum Gasteiger partial charge on any atom is -0.313 e. The molecule has 2 aromatic rings. The summed E-state index contributed by atoms with van der Waals surface area (Å²) in [4.78, 5) is 4.96. The van der Waals surface area contributed by atoms with Crippen molar-refractivity contribution in [1.29, 1.82) is 0 Å². The molecule has 0 spiro atoms. The fraction of sp³-hybridized carbons (Fsp3) is 0.308. The van der Waals surface area contributed by atoms with Crippen LogP contribution in [-0.2, 0) is 23.1 Å². The van der Waals surface area contributed by atoms with Crippen LogP contribution in [0.25, 0.3) is 0 Å². The van der Waals surface area contributed by atoms with E-state index in [4.69, 9.17) is 0 Å². The fourth-order valence-corrected chi connectivity index (χ4v) is 4.04. The Morgan fingerprint density at radius 2 is 2.14 bits per heavy atom. The van der Waals surface area contributed by atoms with E-state index in [1.54, 1.807) is 12.3 Å². The Kier molecular flexibility index (Phi) is 5.88. The second kappa shape index (κ2) is 7.46. The Hall–Kier alpha value is -0.800. The molecule has 0 fully saturated rings. The third-order valence-electron chi connectivity index (χ3n) is 2.71. The van der Waals surface area contributed by atoms with E-state index in [1.807, 2.05) is 18.4 Å². The molecule has 2 aromatic heterocycles. The van der Waals surface area contributed by atoms with Gasteiger partial charge in [0.15, 0.2) is 5.03 Å². The van der Waals surface area contributed by atoms with Crippen LogP contribution >= 0.6 is 27.3 Å². The monoisotopic (exact) mass is 389 g/mol. The summed E-state index contributed by atoms with van der Waals surface area (Å²) in [6, 6.07) is 5.19. The van der Waals surface area contributed by atoms with Crippen LogP contribution in [0.3, 0.4) is 0 Å². The maximum atomic E-state index is 12.1. The number of thiophene rings is 1. The van der Waals surface area contributed by atoms with Crippen molar-refractivity contribution >= 4 is 37.3 Å². The van der Waals surface area contributed by atoms with Crippen LogP contribution in [0.4, 0.5) is 0 Å². The number of nitrogens with zero attached hydrogens (tertiary/aromatic N) is 1. The van der Waals surface area contributed by atoms with Crippen LogP contribution < -0.4 is 10.0 Å². The van der Waals surface area contributed by atoms with Gasteiger partial charge in [0.2, 0.25) is 0 Å². The summed E-state index contributed by atoms with van der Waals surface area (Å²) in [5.41, 5.74) is 0.956. The lowest BCUT2D eigenvalue weighted by atomic mass is 10.3. The Labute approximate surface area is 137 Å². The summed E-state index contributed by atoms with van der Waals surface area (Å²) >= 11 is 4.84. The van der Waals surface area contributed by atoms with Gasteiger partial charge in [-0.25, -0.2) is 18.1 Å². The molecular formula is C13H16BrN3O2S2. The van der Waals surface area contributed by atoms with Gasteiger partial charge in [0, 0.05) is 34.0 Å². The summed E-state index contributed by atoms with van der Waals surface area (Å²) in [5, 5.41) is 5.12. The van der Waals surface area contributed by atoms with Crippen LogP contribution in [0.5, 0.6) is 0 Å². The first-order chi connectivity index (χ1) is 10.0. The number of sulfonamides is 1. The van der Waals surface area contributed by atoms with Crippen LogP contribution in [0, 0.1) is 0 Å². The quantitative estimate of drug-likeness (QED) is 0.762. The molecule has 5 nitrogen and oxygen atoms in total. The van der Waals surface area contributed by atoms with Crippen molar-refractivity contribution in [2.75, 3.05) is 6.54 Å². The molecule has 0 saturated carbocycles. The molecule has 8 heteroatoms. The highest BCUT2D eigenvalue weighted by atomic mass is 79.9. The van der Waals surface area contributed by atoms with E-state index in [0.717, 1.165) is 21.5 Å². The van der Waals surface area contributed by atoms with Gasteiger partial charge >= 0.3 is 0 Å². The Morgan fingerprint density at radius 1 is 1.33 bits per heavy atom. The molecule has 0 amide bonds. The van der Waals surface area contributed by atoms with E-state index < -0.39 is 10.0 Å². The lowest BCUT2D eigenvalue weighted by Gasteiger charge is -2.06. The van der Waals surface area contributed by atoms with Crippen molar-refractivity contribution in [1.82, 2.24) is 15.0 Å². The predicted molar refractivity (Wildman–Crippen MR) is 87.7 cm³/mol. The van der Waals surface area contributed by atoms with Gasteiger partial charge in [-0.3, -0.25) is 0 Å². The van der Waals surface area contributed by atoms with Crippen LogP contribution in [0.2, 0.25) is 0 Å². The molecule has 0 atom stereocenters. The lowest BCUT2D eigenvalue weighted by Crippen LogP contribution is -2.24. The van der Waals surface area contributed by atoms with Gasteiger partial charge in [-0.15, -0.1) is 11.3 Å². The molecule has 2 heterocycles. The summed E-state index contributed by atoms with van der Waals surface area (Å²) < 4.78 is 27.8. The minimum absolute atomic E-state index is 0.0402. The number of hydrogen-bond donors (Lipinski definition) is 2. The third kappa shape index (κ3) is 4.86. The topological polar surface area (TPSA) is 71.1 Å². The number of halogens is 1. The average Bonchev–Trinajstić information content (AvgIpc) is 2.89. The number of hydrogen-bond acceptors (Lipinski definition) is 5. The van der Waals surface area contributed by atoms with Gasteiger partial charge in [0.25, 0.3) is 10.0 Å². The van der Waals surface area contributed by atoms with Crippen molar-refractivity contribution < 1.29 is 8.42 Å². The van der Waals surface area contributed by atoms with Crippen molar-refractivity contribution in [3.63, 3.8) is 0 Å². The molecule has 0 aromatic carbocycles. The third-order valence-corrected chi connectivity index (χ3v) is 5.72. The second-order valence-corrected chi connectivity index (χ2v) is 7.97. The maximum Gasteiger partial charge on any atom is 0.258 e. The van der Waals surface area contributed by atoms with Crippen LogP contribution in [0.15, 0.2) is 39.3 Å². The van der Waals surface area contributed by atoms with Gasteiger partial charge in [0.1, 0.15) is 0 Å². The molecular weight excluding hydrogens is 374 g/mol. The molecule has 21 heavy (non-hydrogen) atoms. The highest BCUT2D eigenvalue weighted by Crippen LogP contribution is 2.20. The molecule has 114 valence electrons. The molecule has 0 bridgehead atoms. The summed E-state index contributed by atoms with van der Waals surface area (Å²) in [6.45, 7) is 3.82.